The zero-order valence-electron chi connectivity index (χ0n) is 17.7. The molecule has 0 amide bonds. The number of allylic oxidation sites excluding steroid dienone is 1. The summed E-state index contributed by atoms with van der Waals surface area (Å²) in [5.41, 5.74) is 3.21. The molecule has 1 aromatic heterocycles. The summed E-state index contributed by atoms with van der Waals surface area (Å²) in [7, 11) is 4.78. The second-order valence-electron chi connectivity index (χ2n) is 7.04. The third kappa shape index (κ3) is 5.53. The summed E-state index contributed by atoms with van der Waals surface area (Å²) in [5.74, 6) is 3.04. The summed E-state index contributed by atoms with van der Waals surface area (Å²) in [5, 5.41) is 6.66. The molecular formula is C22H30N4O3. The molecule has 2 N–H and O–H groups in total. The molecule has 2 aromatic rings. The summed E-state index contributed by atoms with van der Waals surface area (Å²) in [6.07, 6.45) is 8.44. The molecule has 0 fully saturated rings. The van der Waals surface area contributed by atoms with Crippen LogP contribution in [0.4, 0.5) is 17.5 Å². The number of hydrogen-bond acceptors (Lipinski definition) is 7. The first-order valence-corrected chi connectivity index (χ1v) is 9.97. The van der Waals surface area contributed by atoms with Crippen molar-refractivity contribution in [3.63, 3.8) is 0 Å². The van der Waals surface area contributed by atoms with Crippen molar-refractivity contribution in [1.29, 1.82) is 0 Å². The highest BCUT2D eigenvalue weighted by Gasteiger charge is 2.14. The van der Waals surface area contributed by atoms with E-state index in [9.17, 15) is 0 Å². The minimum atomic E-state index is 0.554. The van der Waals surface area contributed by atoms with Crippen LogP contribution in [0.2, 0.25) is 0 Å². The van der Waals surface area contributed by atoms with Crippen LogP contribution < -0.4 is 24.8 Å². The van der Waals surface area contributed by atoms with Crippen molar-refractivity contribution < 1.29 is 14.2 Å². The minimum absolute atomic E-state index is 0.554. The molecule has 0 atom stereocenters. The van der Waals surface area contributed by atoms with Gasteiger partial charge in [0.25, 0.3) is 0 Å². The van der Waals surface area contributed by atoms with Crippen LogP contribution in [0.25, 0.3) is 0 Å². The third-order valence-electron chi connectivity index (χ3n) is 4.91. The number of hydrogen-bond donors (Lipinski definition) is 2. The highest BCUT2D eigenvalue weighted by molar-refractivity contribution is 5.67. The van der Waals surface area contributed by atoms with Crippen LogP contribution in [0.5, 0.6) is 17.2 Å². The lowest BCUT2D eigenvalue weighted by molar-refractivity contribution is 0.324. The lowest BCUT2D eigenvalue weighted by Gasteiger charge is -2.16. The van der Waals surface area contributed by atoms with Gasteiger partial charge in [0.15, 0.2) is 11.5 Å². The average Bonchev–Trinajstić information content (AvgIpc) is 2.73. The minimum Gasteiger partial charge on any atom is -0.493 e. The Morgan fingerprint density at radius 3 is 2.34 bits per heavy atom. The van der Waals surface area contributed by atoms with Gasteiger partial charge < -0.3 is 24.8 Å². The summed E-state index contributed by atoms with van der Waals surface area (Å²) in [6, 6.07) is 5.60. The summed E-state index contributed by atoms with van der Waals surface area (Å²) in [6.45, 7) is 2.79. The van der Waals surface area contributed by atoms with Gasteiger partial charge in [-0.25, -0.2) is 4.98 Å². The van der Waals surface area contributed by atoms with Crippen molar-refractivity contribution in [1.82, 2.24) is 9.97 Å². The molecule has 0 unspecified atom stereocenters. The van der Waals surface area contributed by atoms with E-state index in [2.05, 4.69) is 26.7 Å². The van der Waals surface area contributed by atoms with Gasteiger partial charge in [-0.2, -0.15) is 4.98 Å². The second-order valence-corrected chi connectivity index (χ2v) is 7.04. The molecular weight excluding hydrogens is 368 g/mol. The molecule has 0 aliphatic heterocycles. The largest absolute Gasteiger partial charge is 0.493 e. The highest BCUT2D eigenvalue weighted by atomic mass is 16.5. The molecule has 1 aliphatic carbocycles. The molecule has 7 nitrogen and oxygen atoms in total. The van der Waals surface area contributed by atoms with Gasteiger partial charge in [0.2, 0.25) is 11.7 Å². The first-order valence-electron chi connectivity index (χ1n) is 9.97. The van der Waals surface area contributed by atoms with E-state index in [0.717, 1.165) is 24.3 Å². The van der Waals surface area contributed by atoms with E-state index in [-0.39, 0.29) is 0 Å². The fraction of sp³-hybridized carbons (Fsp3) is 0.455. The smallest absolute Gasteiger partial charge is 0.224 e. The number of ether oxygens (including phenoxy) is 3. The topological polar surface area (TPSA) is 77.5 Å². The van der Waals surface area contributed by atoms with Gasteiger partial charge in [-0.3, -0.25) is 0 Å². The van der Waals surface area contributed by atoms with E-state index in [1.54, 1.807) is 21.3 Å². The van der Waals surface area contributed by atoms with Crippen molar-refractivity contribution in [2.75, 3.05) is 38.5 Å². The van der Waals surface area contributed by atoms with Gasteiger partial charge in [-0.1, -0.05) is 11.6 Å². The molecule has 0 saturated carbocycles. The standard InChI is InChI=1S/C22H30N4O3/c1-15-12-20(25-17-13-18(27-2)21(29-4)19(14-17)28-3)26-22(24-15)23-11-10-16-8-6-5-7-9-16/h8,12-14H,5-7,9-11H2,1-4H3,(H2,23,24,25,26). The Kier molecular flexibility index (Phi) is 7.16. The van der Waals surface area contributed by atoms with E-state index >= 15 is 0 Å². The van der Waals surface area contributed by atoms with E-state index in [1.807, 2.05) is 25.1 Å². The van der Waals surface area contributed by atoms with E-state index in [4.69, 9.17) is 14.2 Å². The Morgan fingerprint density at radius 2 is 1.72 bits per heavy atom. The zero-order chi connectivity index (χ0) is 20.6. The fourth-order valence-electron chi connectivity index (χ4n) is 3.48. The number of benzene rings is 1. The molecule has 0 saturated heterocycles. The van der Waals surface area contributed by atoms with Gasteiger partial charge >= 0.3 is 0 Å². The SMILES string of the molecule is COc1cc(Nc2cc(C)nc(NCCC3=CCCCC3)n2)cc(OC)c1OC. The monoisotopic (exact) mass is 398 g/mol. The molecule has 3 rings (SSSR count). The normalized spacial score (nSPS) is 13.4. The molecule has 0 bridgehead atoms. The Balaban J connectivity index is 1.72. The second kappa shape index (κ2) is 10.0. The predicted octanol–water partition coefficient (Wildman–Crippen LogP) is 4.86. The molecule has 29 heavy (non-hydrogen) atoms. The van der Waals surface area contributed by atoms with E-state index in [1.165, 1.54) is 31.3 Å². The van der Waals surface area contributed by atoms with Gasteiger partial charge in [0.05, 0.1) is 21.3 Å². The Morgan fingerprint density at radius 1 is 0.966 bits per heavy atom. The summed E-state index contributed by atoms with van der Waals surface area (Å²) in [4.78, 5) is 9.10. The van der Waals surface area contributed by atoms with Crippen LogP contribution >= 0.6 is 0 Å². The van der Waals surface area contributed by atoms with Gasteiger partial charge in [0, 0.05) is 36.1 Å². The first kappa shape index (κ1) is 20.8. The van der Waals surface area contributed by atoms with Crippen molar-refractivity contribution in [3.05, 3.63) is 35.5 Å². The number of rotatable bonds is 9. The lowest BCUT2D eigenvalue weighted by Crippen LogP contribution is -2.09. The van der Waals surface area contributed by atoms with Crippen LogP contribution in [-0.2, 0) is 0 Å². The average molecular weight is 399 g/mol. The molecule has 1 aliphatic rings. The number of anilines is 3. The van der Waals surface area contributed by atoms with Crippen LogP contribution in [0.1, 0.15) is 37.8 Å². The van der Waals surface area contributed by atoms with E-state index < -0.39 is 0 Å². The van der Waals surface area contributed by atoms with E-state index in [0.29, 0.717) is 29.0 Å². The Hall–Kier alpha value is -2.96. The Labute approximate surface area is 172 Å². The quantitative estimate of drug-likeness (QED) is 0.584. The molecule has 0 spiro atoms. The number of aryl methyl sites for hydroxylation is 1. The van der Waals surface area contributed by atoms with Crippen LogP contribution in [0, 0.1) is 6.92 Å². The molecule has 0 radical (unpaired) electrons. The number of nitrogens with zero attached hydrogens (tertiary/aromatic N) is 2. The number of aromatic nitrogens is 2. The van der Waals surface area contributed by atoms with Crippen LogP contribution in [-0.4, -0.2) is 37.8 Å². The summed E-state index contributed by atoms with van der Waals surface area (Å²) >= 11 is 0. The van der Waals surface area contributed by atoms with Gasteiger partial charge in [-0.15, -0.1) is 0 Å². The first-order chi connectivity index (χ1) is 14.1. The predicted molar refractivity (Wildman–Crippen MR) is 116 cm³/mol. The van der Waals surface area contributed by atoms with Crippen molar-refractivity contribution in [2.45, 2.75) is 39.0 Å². The molecule has 1 heterocycles. The zero-order valence-corrected chi connectivity index (χ0v) is 17.7. The van der Waals surface area contributed by atoms with Gasteiger partial charge in [-0.05, 0) is 39.0 Å². The lowest BCUT2D eigenvalue weighted by atomic mass is 9.97. The number of nitrogens with one attached hydrogen (secondary N) is 2. The molecule has 7 heteroatoms. The van der Waals surface area contributed by atoms with Gasteiger partial charge in [0.1, 0.15) is 5.82 Å². The van der Waals surface area contributed by atoms with Crippen molar-refractivity contribution in [2.24, 2.45) is 0 Å². The van der Waals surface area contributed by atoms with Crippen LogP contribution in [0.3, 0.4) is 0 Å². The number of methoxy groups -OCH3 is 3. The fourth-order valence-corrected chi connectivity index (χ4v) is 3.48. The maximum Gasteiger partial charge on any atom is 0.224 e. The highest BCUT2D eigenvalue weighted by Crippen LogP contribution is 2.40. The Bertz CT molecular complexity index is 842. The maximum absolute atomic E-state index is 5.42. The summed E-state index contributed by atoms with van der Waals surface area (Å²) < 4.78 is 16.2. The van der Waals surface area contributed by atoms with Crippen molar-refractivity contribution >= 4 is 17.5 Å². The molecule has 156 valence electrons. The maximum atomic E-state index is 5.42. The molecule has 1 aromatic carbocycles. The van der Waals surface area contributed by atoms with Crippen LogP contribution in [0.15, 0.2) is 29.8 Å². The third-order valence-corrected chi connectivity index (χ3v) is 4.91. The van der Waals surface area contributed by atoms with Crippen molar-refractivity contribution in [3.8, 4) is 17.2 Å².